The smallest absolute Gasteiger partial charge is 0.481 e. The molecule has 7 nitrogen and oxygen atoms in total. The number of carboxylic acid groups (broad SMARTS) is 2. The lowest BCUT2D eigenvalue weighted by Gasteiger charge is -2.24. The molecule has 22 heavy (non-hydrogen) atoms. The van der Waals surface area contributed by atoms with E-state index in [9.17, 15) is 9.59 Å². The van der Waals surface area contributed by atoms with E-state index in [1.165, 1.54) is 0 Å². The topological polar surface area (TPSA) is 113 Å². The van der Waals surface area contributed by atoms with Gasteiger partial charge >= 0.3 is 12.1 Å². The predicted octanol–water partition coefficient (Wildman–Crippen LogP) is 2.98. The van der Waals surface area contributed by atoms with Gasteiger partial charge in [0, 0.05) is 5.92 Å². The summed E-state index contributed by atoms with van der Waals surface area (Å²) in [6, 6.07) is 5.07. The summed E-state index contributed by atoms with van der Waals surface area (Å²) in [5.74, 6) is 0.124. The van der Waals surface area contributed by atoms with Gasteiger partial charge in [0.1, 0.15) is 11.3 Å². The van der Waals surface area contributed by atoms with Gasteiger partial charge in [0.15, 0.2) is 5.75 Å². The summed E-state index contributed by atoms with van der Waals surface area (Å²) in [7, 11) is 0. The van der Waals surface area contributed by atoms with Gasteiger partial charge in [-0.15, -0.1) is 0 Å². The van der Waals surface area contributed by atoms with Crippen molar-refractivity contribution in [2.45, 2.75) is 31.6 Å². The van der Waals surface area contributed by atoms with Crippen LogP contribution in [0.4, 0.5) is 4.79 Å². The Hall–Kier alpha value is -2.57. The second-order valence-electron chi connectivity index (χ2n) is 5.53. The molecule has 0 unspecified atom stereocenters. The normalized spacial score (nSPS) is 21.6. The van der Waals surface area contributed by atoms with Gasteiger partial charge in [0.25, 0.3) is 0 Å². The number of fused-ring (bicyclic) bond motifs is 1. The van der Waals surface area contributed by atoms with Crippen LogP contribution in [0.3, 0.4) is 0 Å². The van der Waals surface area contributed by atoms with E-state index in [2.05, 4.69) is 9.97 Å². The Morgan fingerprint density at radius 3 is 2.55 bits per heavy atom. The highest BCUT2D eigenvalue weighted by Gasteiger charge is 2.28. The van der Waals surface area contributed by atoms with Crippen molar-refractivity contribution in [3.63, 3.8) is 0 Å². The molecule has 116 valence electrons. The highest BCUT2D eigenvalue weighted by atomic mass is 16.7. The maximum atomic E-state index is 11.0. The van der Waals surface area contributed by atoms with Crippen LogP contribution in [0, 0.1) is 5.92 Å². The van der Waals surface area contributed by atoms with Gasteiger partial charge in [-0.05, 0) is 37.8 Å². The lowest BCUT2D eigenvalue weighted by molar-refractivity contribution is -0.142. The van der Waals surface area contributed by atoms with E-state index in [-0.39, 0.29) is 17.6 Å². The van der Waals surface area contributed by atoms with Crippen LogP contribution in [0.15, 0.2) is 18.2 Å². The first-order valence-electron chi connectivity index (χ1n) is 7.17. The quantitative estimate of drug-likeness (QED) is 0.593. The number of ether oxygens (including phenoxy) is 1. The maximum Gasteiger partial charge on any atom is 0.511 e. The molecule has 0 saturated heterocycles. The van der Waals surface area contributed by atoms with Crippen LogP contribution in [0.2, 0.25) is 0 Å². The molecule has 1 aromatic carbocycles. The molecule has 1 aromatic heterocycles. The van der Waals surface area contributed by atoms with Crippen LogP contribution in [-0.2, 0) is 4.79 Å². The zero-order valence-corrected chi connectivity index (χ0v) is 11.8. The number of aromatic nitrogens is 2. The lowest BCUT2D eigenvalue weighted by atomic mass is 9.82. The first kappa shape index (κ1) is 14.4. The Bertz CT molecular complexity index is 716. The van der Waals surface area contributed by atoms with Crippen LogP contribution in [0.5, 0.6) is 5.75 Å². The number of hydrogen-bond donors (Lipinski definition) is 3. The second-order valence-corrected chi connectivity index (χ2v) is 5.53. The van der Waals surface area contributed by atoms with Gasteiger partial charge in [-0.3, -0.25) is 4.79 Å². The Morgan fingerprint density at radius 1 is 1.18 bits per heavy atom. The van der Waals surface area contributed by atoms with Gasteiger partial charge in [-0.1, -0.05) is 6.07 Å². The molecule has 1 saturated carbocycles. The molecular formula is C15H16N2O5. The van der Waals surface area contributed by atoms with E-state index in [4.69, 9.17) is 14.9 Å². The number of aliphatic carboxylic acids is 1. The largest absolute Gasteiger partial charge is 0.511 e. The van der Waals surface area contributed by atoms with Gasteiger partial charge in [-0.25, -0.2) is 9.78 Å². The van der Waals surface area contributed by atoms with Crippen molar-refractivity contribution in [3.05, 3.63) is 24.0 Å². The Balaban J connectivity index is 1.84. The molecular weight excluding hydrogens is 288 g/mol. The maximum absolute atomic E-state index is 11.0. The van der Waals surface area contributed by atoms with Crippen LogP contribution in [0.25, 0.3) is 11.0 Å². The van der Waals surface area contributed by atoms with E-state index in [0.29, 0.717) is 23.9 Å². The zero-order valence-electron chi connectivity index (χ0n) is 11.8. The minimum atomic E-state index is -1.38. The van der Waals surface area contributed by atoms with Crippen LogP contribution >= 0.6 is 0 Å². The SMILES string of the molecule is O=C(O)Oc1cccc2[nH]c(C3CCC(C(=O)O)CC3)nc12. The zero-order chi connectivity index (χ0) is 15.7. The summed E-state index contributed by atoms with van der Waals surface area (Å²) in [6.45, 7) is 0. The molecule has 1 fully saturated rings. The first-order chi connectivity index (χ1) is 10.5. The number of rotatable bonds is 3. The van der Waals surface area contributed by atoms with E-state index >= 15 is 0 Å². The van der Waals surface area contributed by atoms with Crippen molar-refractivity contribution >= 4 is 23.2 Å². The summed E-state index contributed by atoms with van der Waals surface area (Å²) >= 11 is 0. The standard InChI is InChI=1S/C15H16N2O5/c18-14(19)9-6-4-8(5-7-9)13-16-10-2-1-3-11(12(10)17-13)22-15(20)21/h1-3,8-9H,4-7H2,(H,16,17)(H,18,19)(H,20,21). The molecule has 0 amide bonds. The Labute approximate surface area is 125 Å². The molecule has 3 N–H and O–H groups in total. The lowest BCUT2D eigenvalue weighted by Crippen LogP contribution is -2.21. The number of imidazole rings is 1. The van der Waals surface area contributed by atoms with Crippen molar-refractivity contribution in [2.75, 3.05) is 0 Å². The fourth-order valence-corrected chi connectivity index (χ4v) is 3.01. The minimum absolute atomic E-state index is 0.167. The average molecular weight is 304 g/mol. The molecule has 1 aliphatic carbocycles. The summed E-state index contributed by atoms with van der Waals surface area (Å²) in [5.41, 5.74) is 1.20. The predicted molar refractivity (Wildman–Crippen MR) is 77.1 cm³/mol. The number of aromatic amines is 1. The third-order valence-corrected chi connectivity index (χ3v) is 4.15. The van der Waals surface area contributed by atoms with E-state index < -0.39 is 12.1 Å². The second kappa shape index (κ2) is 5.67. The van der Waals surface area contributed by atoms with E-state index in [1.54, 1.807) is 12.1 Å². The molecule has 1 heterocycles. The van der Waals surface area contributed by atoms with E-state index in [0.717, 1.165) is 18.7 Å². The van der Waals surface area contributed by atoms with Crippen molar-refractivity contribution in [1.29, 1.82) is 0 Å². The molecule has 7 heteroatoms. The average Bonchev–Trinajstić information content (AvgIpc) is 2.92. The monoisotopic (exact) mass is 304 g/mol. The van der Waals surface area contributed by atoms with Gasteiger partial charge in [-0.2, -0.15) is 0 Å². The number of hydrogen-bond acceptors (Lipinski definition) is 4. The highest BCUT2D eigenvalue weighted by Crippen LogP contribution is 2.36. The van der Waals surface area contributed by atoms with E-state index in [1.807, 2.05) is 6.07 Å². The van der Waals surface area contributed by atoms with Crippen molar-refractivity contribution in [2.24, 2.45) is 5.92 Å². The number of carboxylic acids is 1. The molecule has 1 aliphatic rings. The van der Waals surface area contributed by atoms with Crippen molar-refractivity contribution in [1.82, 2.24) is 9.97 Å². The van der Waals surface area contributed by atoms with Crippen LogP contribution in [0.1, 0.15) is 37.4 Å². The molecule has 0 spiro atoms. The van der Waals surface area contributed by atoms with Crippen LogP contribution in [-0.4, -0.2) is 32.3 Å². The Kier molecular flexibility index (Phi) is 3.70. The number of carbonyl (C=O) groups is 2. The molecule has 0 radical (unpaired) electrons. The third-order valence-electron chi connectivity index (χ3n) is 4.15. The summed E-state index contributed by atoms with van der Waals surface area (Å²) in [4.78, 5) is 29.4. The Morgan fingerprint density at radius 2 is 1.91 bits per heavy atom. The number of H-pyrrole nitrogens is 1. The first-order valence-corrected chi connectivity index (χ1v) is 7.17. The van der Waals surface area contributed by atoms with Gasteiger partial charge in [0.05, 0.1) is 11.4 Å². The van der Waals surface area contributed by atoms with Gasteiger partial charge < -0.3 is 19.9 Å². The van der Waals surface area contributed by atoms with Crippen molar-refractivity contribution in [3.8, 4) is 5.75 Å². The fraction of sp³-hybridized carbons (Fsp3) is 0.400. The summed E-state index contributed by atoms with van der Waals surface area (Å²) in [5, 5.41) is 17.8. The summed E-state index contributed by atoms with van der Waals surface area (Å²) in [6.07, 6.45) is 1.40. The minimum Gasteiger partial charge on any atom is -0.481 e. The number of para-hydroxylation sites is 1. The number of benzene rings is 1. The molecule has 3 rings (SSSR count). The molecule has 0 bridgehead atoms. The molecule has 0 aliphatic heterocycles. The van der Waals surface area contributed by atoms with Crippen LogP contribution < -0.4 is 4.74 Å². The number of nitrogens with one attached hydrogen (secondary N) is 1. The molecule has 2 aromatic rings. The summed E-state index contributed by atoms with van der Waals surface area (Å²) < 4.78 is 4.73. The molecule has 0 atom stereocenters. The highest BCUT2D eigenvalue weighted by molar-refractivity contribution is 5.83. The fourth-order valence-electron chi connectivity index (χ4n) is 3.01. The van der Waals surface area contributed by atoms with Crippen molar-refractivity contribution < 1.29 is 24.5 Å². The van der Waals surface area contributed by atoms with Gasteiger partial charge in [0.2, 0.25) is 0 Å². The number of nitrogens with zero attached hydrogens (tertiary/aromatic N) is 1. The third kappa shape index (κ3) is 2.74.